The van der Waals surface area contributed by atoms with Crippen LogP contribution in [0.5, 0.6) is 11.5 Å². The summed E-state index contributed by atoms with van der Waals surface area (Å²) < 4.78 is 10.9. The molecule has 0 spiro atoms. The predicted octanol–water partition coefficient (Wildman–Crippen LogP) is 6.03. The van der Waals surface area contributed by atoms with Crippen LogP contribution in [0.25, 0.3) is 5.76 Å². The Morgan fingerprint density at radius 3 is 2.44 bits per heavy atom. The van der Waals surface area contributed by atoms with E-state index in [-0.39, 0.29) is 26.9 Å². The van der Waals surface area contributed by atoms with Gasteiger partial charge in [0.25, 0.3) is 11.7 Å². The van der Waals surface area contributed by atoms with Gasteiger partial charge in [0.15, 0.2) is 0 Å². The van der Waals surface area contributed by atoms with Crippen molar-refractivity contribution in [2.24, 2.45) is 0 Å². The maximum atomic E-state index is 13.3. The first-order valence-electron chi connectivity index (χ1n) is 10.5. The number of anilines is 1. The lowest BCUT2D eigenvalue weighted by Gasteiger charge is -2.26. The van der Waals surface area contributed by atoms with Gasteiger partial charge in [-0.05, 0) is 36.8 Å². The molecule has 1 atom stereocenters. The van der Waals surface area contributed by atoms with E-state index in [2.05, 4.69) is 0 Å². The lowest BCUT2D eigenvalue weighted by molar-refractivity contribution is -0.132. The van der Waals surface area contributed by atoms with E-state index in [0.717, 1.165) is 0 Å². The van der Waals surface area contributed by atoms with E-state index in [1.165, 1.54) is 24.1 Å². The van der Waals surface area contributed by atoms with E-state index in [1.807, 2.05) is 13.0 Å². The first-order chi connectivity index (χ1) is 16.4. The van der Waals surface area contributed by atoms with Gasteiger partial charge in [0.1, 0.15) is 17.3 Å². The van der Waals surface area contributed by atoms with Gasteiger partial charge in [-0.3, -0.25) is 14.5 Å². The Balaban J connectivity index is 1.97. The number of ketones is 1. The number of aliphatic hydroxyl groups is 1. The molecule has 0 aromatic heterocycles. The van der Waals surface area contributed by atoms with E-state index in [1.54, 1.807) is 48.5 Å². The van der Waals surface area contributed by atoms with E-state index >= 15 is 0 Å². The standard InChI is InChI=1S/C26H21Cl2NO5/c1-3-34-18-11-7-10-17(14-18)29-22(15-8-5-4-6-9-15)21(24(31)26(29)32)23(30)19-12-16(27)13-20(28)25(19)33-2/h4-14,22,30H,3H2,1-2H3/b23-21+. The lowest BCUT2D eigenvalue weighted by Crippen LogP contribution is -2.29. The van der Waals surface area contributed by atoms with E-state index in [9.17, 15) is 14.7 Å². The third-order valence-corrected chi connectivity index (χ3v) is 5.93. The van der Waals surface area contributed by atoms with Gasteiger partial charge in [-0.1, -0.05) is 59.6 Å². The maximum Gasteiger partial charge on any atom is 0.300 e. The normalized spacial score (nSPS) is 17.2. The molecule has 34 heavy (non-hydrogen) atoms. The van der Waals surface area contributed by atoms with Gasteiger partial charge in [0.05, 0.1) is 35.9 Å². The summed E-state index contributed by atoms with van der Waals surface area (Å²) in [6.45, 7) is 2.30. The molecule has 1 aliphatic heterocycles. The molecular formula is C26H21Cl2NO5. The van der Waals surface area contributed by atoms with Crippen LogP contribution in [0.3, 0.4) is 0 Å². The summed E-state index contributed by atoms with van der Waals surface area (Å²) in [6.07, 6.45) is 0. The van der Waals surface area contributed by atoms with Gasteiger partial charge < -0.3 is 14.6 Å². The van der Waals surface area contributed by atoms with Crippen molar-refractivity contribution in [3.05, 3.63) is 93.5 Å². The summed E-state index contributed by atoms with van der Waals surface area (Å²) in [7, 11) is 1.39. The fraction of sp³-hybridized carbons (Fsp3) is 0.154. The van der Waals surface area contributed by atoms with Crippen molar-refractivity contribution in [3.63, 3.8) is 0 Å². The number of rotatable bonds is 6. The van der Waals surface area contributed by atoms with Crippen LogP contribution in [0, 0.1) is 0 Å². The molecule has 3 aromatic rings. The van der Waals surface area contributed by atoms with Crippen LogP contribution >= 0.6 is 23.2 Å². The van der Waals surface area contributed by atoms with Crippen LogP contribution in [0.4, 0.5) is 5.69 Å². The van der Waals surface area contributed by atoms with Gasteiger partial charge in [-0.2, -0.15) is 0 Å². The lowest BCUT2D eigenvalue weighted by atomic mass is 9.95. The minimum atomic E-state index is -0.902. The number of aliphatic hydroxyl groups excluding tert-OH is 1. The number of amides is 1. The molecule has 174 valence electrons. The van der Waals surface area contributed by atoms with Crippen molar-refractivity contribution in [2.75, 3.05) is 18.6 Å². The van der Waals surface area contributed by atoms with Gasteiger partial charge in [-0.15, -0.1) is 0 Å². The molecule has 1 saturated heterocycles. The molecule has 1 N–H and O–H groups in total. The minimum absolute atomic E-state index is 0.102. The molecule has 4 rings (SSSR count). The number of Topliss-reactive ketones (excluding diaryl/α,β-unsaturated/α-hetero) is 1. The molecule has 3 aromatic carbocycles. The summed E-state index contributed by atoms with van der Waals surface area (Å²) in [4.78, 5) is 28.0. The van der Waals surface area contributed by atoms with Crippen molar-refractivity contribution in [3.8, 4) is 11.5 Å². The summed E-state index contributed by atoms with van der Waals surface area (Å²) in [5.41, 5.74) is 1.10. The largest absolute Gasteiger partial charge is 0.507 e. The Morgan fingerprint density at radius 1 is 1.03 bits per heavy atom. The SMILES string of the molecule is CCOc1cccc(N2C(=O)C(=O)/C(=C(/O)c3cc(Cl)cc(Cl)c3OC)C2c2ccccc2)c1. The maximum absolute atomic E-state index is 13.3. The Morgan fingerprint density at radius 2 is 1.76 bits per heavy atom. The van der Waals surface area contributed by atoms with E-state index in [0.29, 0.717) is 23.6 Å². The fourth-order valence-electron chi connectivity index (χ4n) is 4.03. The zero-order valence-corrected chi connectivity index (χ0v) is 19.9. The van der Waals surface area contributed by atoms with E-state index in [4.69, 9.17) is 32.7 Å². The Bertz CT molecular complexity index is 1290. The topological polar surface area (TPSA) is 76.1 Å². The first-order valence-corrected chi connectivity index (χ1v) is 11.2. The molecule has 6 nitrogen and oxygen atoms in total. The monoisotopic (exact) mass is 497 g/mol. The molecule has 0 saturated carbocycles. The smallest absolute Gasteiger partial charge is 0.300 e. The minimum Gasteiger partial charge on any atom is -0.507 e. The molecule has 1 unspecified atom stereocenters. The molecule has 1 fully saturated rings. The number of methoxy groups -OCH3 is 1. The fourth-order valence-corrected chi connectivity index (χ4v) is 4.60. The number of nitrogens with zero attached hydrogens (tertiary/aromatic N) is 1. The van der Waals surface area contributed by atoms with Crippen LogP contribution in [0.15, 0.2) is 72.3 Å². The van der Waals surface area contributed by atoms with Crippen LogP contribution in [-0.4, -0.2) is 30.5 Å². The van der Waals surface area contributed by atoms with Crippen LogP contribution in [0.2, 0.25) is 10.0 Å². The number of halogens is 2. The van der Waals surface area contributed by atoms with Crippen molar-refractivity contribution < 1.29 is 24.2 Å². The molecular weight excluding hydrogens is 477 g/mol. The highest BCUT2D eigenvalue weighted by Crippen LogP contribution is 2.45. The number of benzene rings is 3. The number of hydrogen-bond donors (Lipinski definition) is 1. The second-order valence-electron chi connectivity index (χ2n) is 7.48. The summed E-state index contributed by atoms with van der Waals surface area (Å²) in [5, 5.41) is 11.8. The van der Waals surface area contributed by atoms with E-state index < -0.39 is 23.5 Å². The van der Waals surface area contributed by atoms with Gasteiger partial charge >= 0.3 is 0 Å². The average Bonchev–Trinajstić information content (AvgIpc) is 3.09. The number of hydrogen-bond acceptors (Lipinski definition) is 5. The molecule has 8 heteroatoms. The molecule has 1 amide bonds. The number of ether oxygens (including phenoxy) is 2. The van der Waals surface area contributed by atoms with Gasteiger partial charge in [0, 0.05) is 16.8 Å². The van der Waals surface area contributed by atoms with Gasteiger partial charge in [0.2, 0.25) is 0 Å². The zero-order chi connectivity index (χ0) is 24.4. The highest BCUT2D eigenvalue weighted by Gasteiger charge is 2.47. The van der Waals surface area contributed by atoms with Crippen LogP contribution < -0.4 is 14.4 Å². The Labute approximate surface area is 206 Å². The van der Waals surface area contributed by atoms with Crippen LogP contribution in [0.1, 0.15) is 24.1 Å². The first kappa shape index (κ1) is 23.7. The average molecular weight is 498 g/mol. The Kier molecular flexibility index (Phi) is 6.82. The molecule has 1 heterocycles. The predicted molar refractivity (Wildman–Crippen MR) is 132 cm³/mol. The quantitative estimate of drug-likeness (QED) is 0.255. The molecule has 0 bridgehead atoms. The molecule has 1 aliphatic rings. The van der Waals surface area contributed by atoms with Crippen molar-refractivity contribution in [1.29, 1.82) is 0 Å². The third kappa shape index (κ3) is 4.22. The zero-order valence-electron chi connectivity index (χ0n) is 18.4. The van der Waals surface area contributed by atoms with Crippen LogP contribution in [-0.2, 0) is 9.59 Å². The van der Waals surface area contributed by atoms with Crippen molar-refractivity contribution in [1.82, 2.24) is 0 Å². The number of carbonyl (C=O) groups is 2. The van der Waals surface area contributed by atoms with Crippen molar-refractivity contribution in [2.45, 2.75) is 13.0 Å². The highest BCUT2D eigenvalue weighted by atomic mass is 35.5. The highest BCUT2D eigenvalue weighted by molar-refractivity contribution is 6.52. The number of carbonyl (C=O) groups excluding carboxylic acids is 2. The molecule has 0 radical (unpaired) electrons. The summed E-state index contributed by atoms with van der Waals surface area (Å²) >= 11 is 12.4. The third-order valence-electron chi connectivity index (χ3n) is 5.43. The second-order valence-corrected chi connectivity index (χ2v) is 8.32. The summed E-state index contributed by atoms with van der Waals surface area (Å²) in [6, 6.07) is 17.9. The second kappa shape index (κ2) is 9.79. The van der Waals surface area contributed by atoms with Gasteiger partial charge in [-0.25, -0.2) is 0 Å². The molecule has 0 aliphatic carbocycles. The Hall–Kier alpha value is -3.48. The van der Waals surface area contributed by atoms with Crippen molar-refractivity contribution >= 4 is 46.3 Å². The summed E-state index contributed by atoms with van der Waals surface area (Å²) in [5.74, 6) is -1.36.